The molecule has 0 aliphatic carbocycles. The average molecular weight is 368 g/mol. The molecule has 0 unspecified atom stereocenters. The lowest BCUT2D eigenvalue weighted by Crippen LogP contribution is -2.32. The van der Waals surface area contributed by atoms with Crippen LogP contribution in [0.3, 0.4) is 0 Å². The van der Waals surface area contributed by atoms with Gasteiger partial charge in [-0.1, -0.05) is 0 Å². The Morgan fingerprint density at radius 1 is 1.22 bits per heavy atom. The van der Waals surface area contributed by atoms with Crippen LogP contribution >= 0.6 is 0 Å². The quantitative estimate of drug-likeness (QED) is 0.805. The highest BCUT2D eigenvalue weighted by Gasteiger charge is 2.22. The van der Waals surface area contributed by atoms with Crippen LogP contribution < -0.4 is 10.5 Å². The first-order valence-corrected chi connectivity index (χ1v) is 8.55. The van der Waals surface area contributed by atoms with Crippen LogP contribution in [0.15, 0.2) is 30.5 Å². The number of aromatic nitrogens is 1. The van der Waals surface area contributed by atoms with E-state index in [0.29, 0.717) is 11.4 Å². The van der Waals surface area contributed by atoms with Gasteiger partial charge < -0.3 is 24.7 Å². The number of nitrogens with two attached hydrogens (primary N) is 1. The van der Waals surface area contributed by atoms with Gasteiger partial charge in [-0.2, -0.15) is 5.26 Å². The lowest BCUT2D eigenvalue weighted by Gasteiger charge is -2.15. The highest BCUT2D eigenvalue weighted by atomic mass is 16.5. The minimum atomic E-state index is -0.634. The molecule has 1 aromatic carbocycles. The molecule has 0 radical (unpaired) electrons. The van der Waals surface area contributed by atoms with Crippen molar-refractivity contribution in [3.63, 3.8) is 0 Å². The molecule has 1 amide bonds. The summed E-state index contributed by atoms with van der Waals surface area (Å²) in [6.07, 6.45) is 3.55. The van der Waals surface area contributed by atoms with E-state index in [2.05, 4.69) is 0 Å². The molecule has 1 fully saturated rings. The number of hydrogen-bond acceptors (Lipinski definition) is 6. The first-order chi connectivity index (χ1) is 13.0. The van der Waals surface area contributed by atoms with Crippen LogP contribution in [0.25, 0.3) is 5.69 Å². The summed E-state index contributed by atoms with van der Waals surface area (Å²) in [5, 5.41) is 9.16. The van der Waals surface area contributed by atoms with Crippen molar-refractivity contribution < 1.29 is 19.1 Å². The Morgan fingerprint density at radius 3 is 2.48 bits per heavy atom. The summed E-state index contributed by atoms with van der Waals surface area (Å²) in [7, 11) is 1.25. The molecule has 140 valence electrons. The number of methoxy groups -OCH3 is 1. The number of anilines is 1. The molecule has 3 rings (SSSR count). The number of nitriles is 1. The first-order valence-electron chi connectivity index (χ1n) is 8.55. The van der Waals surface area contributed by atoms with Crippen molar-refractivity contribution in [2.45, 2.75) is 12.8 Å². The van der Waals surface area contributed by atoms with E-state index in [9.17, 15) is 9.59 Å². The topological polar surface area (TPSA) is 111 Å². The summed E-state index contributed by atoms with van der Waals surface area (Å²) in [4.78, 5) is 25.9. The average Bonchev–Trinajstić information content (AvgIpc) is 3.34. The van der Waals surface area contributed by atoms with Crippen molar-refractivity contribution in [2.24, 2.45) is 0 Å². The molecule has 1 aliphatic heterocycles. The minimum Gasteiger partial charge on any atom is -0.484 e. The maximum absolute atomic E-state index is 12.0. The van der Waals surface area contributed by atoms with Gasteiger partial charge in [-0.3, -0.25) is 4.79 Å². The van der Waals surface area contributed by atoms with Crippen LogP contribution in [-0.2, 0) is 9.53 Å². The van der Waals surface area contributed by atoms with E-state index in [1.165, 1.54) is 17.9 Å². The van der Waals surface area contributed by atoms with Crippen molar-refractivity contribution in [1.82, 2.24) is 9.47 Å². The third-order valence-corrected chi connectivity index (χ3v) is 4.48. The normalized spacial score (nSPS) is 13.3. The molecule has 2 aromatic rings. The van der Waals surface area contributed by atoms with Gasteiger partial charge in [0.2, 0.25) is 0 Å². The van der Waals surface area contributed by atoms with Gasteiger partial charge in [0.25, 0.3) is 5.91 Å². The van der Waals surface area contributed by atoms with E-state index in [1.54, 1.807) is 29.2 Å². The highest BCUT2D eigenvalue weighted by molar-refractivity contribution is 5.95. The van der Waals surface area contributed by atoms with Crippen LogP contribution in [0.4, 0.5) is 5.69 Å². The Labute approximate surface area is 156 Å². The molecule has 2 heterocycles. The number of likely N-dealkylation sites (tertiary alicyclic amines) is 1. The fraction of sp³-hybridized carbons (Fsp3) is 0.316. The number of hydrogen-bond donors (Lipinski definition) is 1. The van der Waals surface area contributed by atoms with E-state index in [1.807, 2.05) is 6.07 Å². The second kappa shape index (κ2) is 7.83. The van der Waals surface area contributed by atoms with Crippen LogP contribution in [0, 0.1) is 11.3 Å². The smallest absolute Gasteiger partial charge is 0.357 e. The highest BCUT2D eigenvalue weighted by Crippen LogP contribution is 2.25. The van der Waals surface area contributed by atoms with Gasteiger partial charge in [0.1, 0.15) is 11.8 Å². The molecule has 8 nitrogen and oxygen atoms in total. The van der Waals surface area contributed by atoms with Gasteiger partial charge in [0.05, 0.1) is 18.4 Å². The molecule has 1 aromatic heterocycles. The Bertz CT molecular complexity index is 890. The Balaban J connectivity index is 1.76. The lowest BCUT2D eigenvalue weighted by molar-refractivity contribution is -0.132. The van der Waals surface area contributed by atoms with Crippen molar-refractivity contribution >= 4 is 17.6 Å². The van der Waals surface area contributed by atoms with E-state index in [-0.39, 0.29) is 29.5 Å². The number of benzene rings is 1. The molecule has 0 saturated carbocycles. The predicted molar refractivity (Wildman–Crippen MR) is 97.5 cm³/mol. The molecular weight excluding hydrogens is 348 g/mol. The molecule has 0 bridgehead atoms. The molecule has 0 atom stereocenters. The molecule has 2 N–H and O–H groups in total. The monoisotopic (exact) mass is 368 g/mol. The first kappa shape index (κ1) is 18.3. The number of esters is 1. The number of amides is 1. The molecule has 1 aliphatic rings. The Kier molecular flexibility index (Phi) is 5.31. The Hall–Kier alpha value is -3.47. The maximum Gasteiger partial charge on any atom is 0.357 e. The number of carbonyl (C=O) groups excluding carboxylic acids is 2. The fourth-order valence-corrected chi connectivity index (χ4v) is 3.02. The minimum absolute atomic E-state index is 0.0121. The molecule has 8 heteroatoms. The summed E-state index contributed by atoms with van der Waals surface area (Å²) in [6.45, 7) is 1.56. The van der Waals surface area contributed by atoms with Crippen LogP contribution in [-0.4, -0.2) is 48.1 Å². The van der Waals surface area contributed by atoms with Gasteiger partial charge in [0, 0.05) is 25.0 Å². The summed E-state index contributed by atoms with van der Waals surface area (Å²) in [5.41, 5.74) is 6.85. The predicted octanol–water partition coefficient (Wildman–Crippen LogP) is 1.72. The van der Waals surface area contributed by atoms with E-state index in [4.69, 9.17) is 20.5 Å². The number of ether oxygens (including phenoxy) is 2. The number of nitrogen functional groups attached to an aromatic ring is 1. The van der Waals surface area contributed by atoms with Crippen molar-refractivity contribution in [3.05, 3.63) is 41.7 Å². The van der Waals surface area contributed by atoms with Crippen LogP contribution in [0.5, 0.6) is 5.75 Å². The summed E-state index contributed by atoms with van der Waals surface area (Å²) >= 11 is 0. The van der Waals surface area contributed by atoms with Gasteiger partial charge in [-0.25, -0.2) is 4.79 Å². The Morgan fingerprint density at radius 2 is 1.89 bits per heavy atom. The fourth-order valence-electron chi connectivity index (χ4n) is 3.02. The van der Waals surface area contributed by atoms with E-state index in [0.717, 1.165) is 25.9 Å². The van der Waals surface area contributed by atoms with Gasteiger partial charge >= 0.3 is 5.97 Å². The maximum atomic E-state index is 12.0. The van der Waals surface area contributed by atoms with Crippen molar-refractivity contribution in [3.8, 4) is 17.5 Å². The zero-order valence-corrected chi connectivity index (χ0v) is 15.0. The molecule has 27 heavy (non-hydrogen) atoms. The molecular formula is C19H20N4O4. The van der Waals surface area contributed by atoms with Crippen LogP contribution in [0.2, 0.25) is 0 Å². The largest absolute Gasteiger partial charge is 0.484 e. The lowest BCUT2D eigenvalue weighted by atomic mass is 10.2. The van der Waals surface area contributed by atoms with Crippen LogP contribution in [0.1, 0.15) is 28.9 Å². The van der Waals surface area contributed by atoms with Gasteiger partial charge in [0.15, 0.2) is 12.3 Å². The van der Waals surface area contributed by atoms with E-state index >= 15 is 0 Å². The van der Waals surface area contributed by atoms with Gasteiger partial charge in [-0.15, -0.1) is 0 Å². The van der Waals surface area contributed by atoms with Crippen molar-refractivity contribution in [2.75, 3.05) is 32.5 Å². The number of nitrogens with zero attached hydrogens (tertiary/aromatic N) is 3. The van der Waals surface area contributed by atoms with E-state index < -0.39 is 5.97 Å². The zero-order valence-electron chi connectivity index (χ0n) is 15.0. The number of rotatable bonds is 5. The standard InChI is InChI=1S/C19H20N4O4/c1-26-19(25)18-17(21)13(10-20)11-23(18)14-4-6-15(7-5-14)27-12-16(24)22-8-2-3-9-22/h4-7,11H,2-3,8-9,12,21H2,1H3. The zero-order chi connectivity index (χ0) is 19.4. The summed E-state index contributed by atoms with van der Waals surface area (Å²) in [6, 6.07) is 8.76. The van der Waals surface area contributed by atoms with Crippen molar-refractivity contribution in [1.29, 1.82) is 5.26 Å². The van der Waals surface area contributed by atoms with Gasteiger partial charge in [-0.05, 0) is 37.1 Å². The third kappa shape index (κ3) is 3.72. The summed E-state index contributed by atoms with van der Waals surface area (Å²) in [5.74, 6) is -0.126. The SMILES string of the molecule is COC(=O)c1c(N)c(C#N)cn1-c1ccc(OCC(=O)N2CCCC2)cc1. The second-order valence-electron chi connectivity index (χ2n) is 6.15. The molecule has 0 spiro atoms. The number of carbonyl (C=O) groups is 2. The summed E-state index contributed by atoms with van der Waals surface area (Å²) < 4.78 is 11.8. The molecule has 1 saturated heterocycles. The second-order valence-corrected chi connectivity index (χ2v) is 6.15. The third-order valence-electron chi connectivity index (χ3n) is 4.48.